The van der Waals surface area contributed by atoms with E-state index in [2.05, 4.69) is 15.0 Å². The number of hydrogen-bond donors (Lipinski definition) is 2. The van der Waals surface area contributed by atoms with E-state index in [-0.39, 0.29) is 52.8 Å². The molecule has 1 aliphatic carbocycles. The highest BCUT2D eigenvalue weighted by Gasteiger charge is 2.48. The average molecular weight is 673 g/mol. The van der Waals surface area contributed by atoms with Crippen LogP contribution in [0.2, 0.25) is 5.02 Å². The van der Waals surface area contributed by atoms with Crippen molar-refractivity contribution in [2.24, 2.45) is 0 Å². The van der Waals surface area contributed by atoms with Crippen LogP contribution in [0.5, 0.6) is 0 Å². The molecule has 0 spiro atoms. The maximum atomic E-state index is 14.7. The summed E-state index contributed by atoms with van der Waals surface area (Å²) in [6, 6.07) is 12.5. The van der Waals surface area contributed by atoms with Gasteiger partial charge in [-0.05, 0) is 49.9 Å². The summed E-state index contributed by atoms with van der Waals surface area (Å²) >= 11 is 6.55. The normalized spacial score (nSPS) is 18.1. The highest BCUT2D eigenvalue weighted by molar-refractivity contribution is 7.89. The summed E-state index contributed by atoms with van der Waals surface area (Å²) < 4.78 is 55.1. The van der Waals surface area contributed by atoms with Crippen LogP contribution in [0.4, 0.5) is 20.3 Å². The zero-order chi connectivity index (χ0) is 32.5. The van der Waals surface area contributed by atoms with Gasteiger partial charge in [-0.3, -0.25) is 24.2 Å². The van der Waals surface area contributed by atoms with Crippen molar-refractivity contribution in [1.29, 1.82) is 5.26 Å². The van der Waals surface area contributed by atoms with E-state index in [0.717, 1.165) is 9.80 Å². The van der Waals surface area contributed by atoms with Crippen LogP contribution in [0.25, 0.3) is 0 Å². The van der Waals surface area contributed by atoms with Crippen LogP contribution in [0.3, 0.4) is 0 Å². The fourth-order valence-electron chi connectivity index (χ4n) is 5.44. The van der Waals surface area contributed by atoms with Crippen molar-refractivity contribution in [3.8, 4) is 6.07 Å². The van der Waals surface area contributed by atoms with E-state index in [1.165, 1.54) is 61.8 Å². The highest BCUT2D eigenvalue weighted by Crippen LogP contribution is 2.40. The summed E-state index contributed by atoms with van der Waals surface area (Å²) in [5.74, 6) is -4.99. The lowest BCUT2D eigenvalue weighted by molar-refractivity contribution is -0.133. The lowest BCUT2D eigenvalue weighted by Gasteiger charge is -2.39. The van der Waals surface area contributed by atoms with Crippen LogP contribution < -0.4 is 19.8 Å². The molecule has 2 atom stereocenters. The number of benzene rings is 2. The summed E-state index contributed by atoms with van der Waals surface area (Å²) in [4.78, 5) is 48.0. The predicted molar refractivity (Wildman–Crippen MR) is 167 cm³/mol. The summed E-state index contributed by atoms with van der Waals surface area (Å²) in [5.41, 5.74) is 0.296. The summed E-state index contributed by atoms with van der Waals surface area (Å²) in [7, 11) is -2.81. The number of carbonyl (C=O) groups excluding carboxylic acids is 3. The van der Waals surface area contributed by atoms with Crippen LogP contribution in [-0.4, -0.2) is 56.2 Å². The number of amides is 3. The summed E-state index contributed by atoms with van der Waals surface area (Å²) in [5, 5.41) is 12.1. The molecule has 2 fully saturated rings. The largest absolute Gasteiger partial charge is 0.351 e. The Morgan fingerprint density at radius 1 is 1.15 bits per heavy atom. The molecule has 242 valence electrons. The van der Waals surface area contributed by atoms with Gasteiger partial charge in [-0.1, -0.05) is 43.3 Å². The van der Waals surface area contributed by atoms with Crippen LogP contribution in [0, 0.1) is 11.3 Å². The number of nitrogens with zero attached hydrogens (tertiary/aromatic N) is 4. The Balaban J connectivity index is 0.00000480. The van der Waals surface area contributed by atoms with Crippen molar-refractivity contribution in [2.45, 2.75) is 62.1 Å². The van der Waals surface area contributed by atoms with Crippen molar-refractivity contribution in [3.63, 3.8) is 0 Å². The number of sulfonamides is 1. The summed E-state index contributed by atoms with van der Waals surface area (Å²) in [6.45, 7) is 0. The lowest BCUT2D eigenvalue weighted by atomic mass is 9.87. The molecule has 5 rings (SSSR count). The SMILES string of the molecule is C.CNS(=O)(=O)c1cccc(N(C(=O)[C@@H]2CCC(=O)N2c2cc(C#N)ccn2)[C@H](C(=O)NC2CC(F)(F)C2)c2ccccc2Cl)c1. The topological polar surface area (TPSA) is 153 Å². The Hall–Kier alpha value is -4.45. The Morgan fingerprint density at radius 2 is 1.87 bits per heavy atom. The predicted octanol–water partition coefficient (Wildman–Crippen LogP) is 4.33. The maximum absolute atomic E-state index is 14.7. The number of carbonyl (C=O) groups is 3. The van der Waals surface area contributed by atoms with Gasteiger partial charge in [0.15, 0.2) is 0 Å². The number of nitriles is 1. The van der Waals surface area contributed by atoms with Crippen molar-refractivity contribution in [3.05, 3.63) is 83.0 Å². The number of halogens is 3. The Kier molecular flexibility index (Phi) is 10.1. The fourth-order valence-corrected chi connectivity index (χ4v) is 6.45. The van der Waals surface area contributed by atoms with Gasteiger partial charge in [0.25, 0.3) is 11.8 Å². The van der Waals surface area contributed by atoms with E-state index in [1.54, 1.807) is 12.1 Å². The standard InChI is InChI=1S/C30H27ClF2N6O5S.CH4/c1-35-45(43,44)21-6-4-5-20(14-21)38(29(42)24-9-10-26(40)39(24)25-13-18(17-34)11-12-36-25)27(22-7-2-3-8-23(22)31)28(41)37-19-15-30(32,33)16-19;/h2-8,11-14,19,24,27,35H,9-10,15-16H2,1H3,(H,37,41);1H4/t24-,27-;/m0./s1. The number of nitrogens with one attached hydrogen (secondary N) is 2. The second kappa shape index (κ2) is 13.5. The van der Waals surface area contributed by atoms with Crippen molar-refractivity contribution >= 4 is 50.9 Å². The third kappa shape index (κ3) is 6.86. The average Bonchev–Trinajstić information content (AvgIpc) is 3.40. The molecule has 2 heterocycles. The molecule has 46 heavy (non-hydrogen) atoms. The fraction of sp³-hybridized carbons (Fsp3) is 0.323. The van der Waals surface area contributed by atoms with Gasteiger partial charge in [-0.2, -0.15) is 5.26 Å². The molecule has 1 saturated carbocycles. The third-order valence-corrected chi connectivity index (χ3v) is 9.43. The van der Waals surface area contributed by atoms with Crippen molar-refractivity contribution < 1.29 is 31.6 Å². The Morgan fingerprint density at radius 3 is 2.52 bits per heavy atom. The van der Waals surface area contributed by atoms with E-state index >= 15 is 0 Å². The zero-order valence-electron chi connectivity index (χ0n) is 23.8. The van der Waals surface area contributed by atoms with Gasteiger partial charge in [0.05, 0.1) is 16.5 Å². The first kappa shape index (κ1) is 34.4. The van der Waals surface area contributed by atoms with Crippen LogP contribution in [-0.2, 0) is 24.4 Å². The van der Waals surface area contributed by atoms with Crippen LogP contribution in [0.1, 0.15) is 50.3 Å². The molecule has 0 radical (unpaired) electrons. The number of aromatic nitrogens is 1. The van der Waals surface area contributed by atoms with Gasteiger partial charge in [0, 0.05) is 47.8 Å². The molecule has 2 aliphatic rings. The van der Waals surface area contributed by atoms with Gasteiger partial charge in [0.2, 0.25) is 21.8 Å². The minimum Gasteiger partial charge on any atom is -0.351 e. The van der Waals surface area contributed by atoms with Crippen molar-refractivity contribution in [2.75, 3.05) is 16.8 Å². The molecule has 0 unspecified atom stereocenters. The van der Waals surface area contributed by atoms with E-state index in [1.807, 2.05) is 6.07 Å². The maximum Gasteiger partial charge on any atom is 0.252 e. The van der Waals surface area contributed by atoms with Gasteiger partial charge in [-0.25, -0.2) is 26.9 Å². The van der Waals surface area contributed by atoms with Gasteiger partial charge in [-0.15, -0.1) is 0 Å². The minimum atomic E-state index is -4.02. The van der Waals surface area contributed by atoms with Gasteiger partial charge >= 0.3 is 0 Å². The van der Waals surface area contributed by atoms with E-state index in [9.17, 15) is 36.8 Å². The second-order valence-corrected chi connectivity index (χ2v) is 12.9. The molecule has 3 amide bonds. The zero-order valence-corrected chi connectivity index (χ0v) is 25.4. The first-order valence-corrected chi connectivity index (χ1v) is 15.7. The molecular formula is C31H31ClF2N6O5S. The monoisotopic (exact) mass is 672 g/mol. The Labute approximate surface area is 270 Å². The third-order valence-electron chi connectivity index (χ3n) is 7.67. The molecule has 15 heteroatoms. The number of anilines is 2. The molecular weight excluding hydrogens is 642 g/mol. The Bertz CT molecular complexity index is 1810. The first-order chi connectivity index (χ1) is 21.3. The van der Waals surface area contributed by atoms with Crippen molar-refractivity contribution in [1.82, 2.24) is 15.0 Å². The number of hydrogen-bond acceptors (Lipinski definition) is 7. The molecule has 2 aromatic carbocycles. The molecule has 3 aromatic rings. The molecule has 1 aromatic heterocycles. The molecule has 2 N–H and O–H groups in total. The minimum absolute atomic E-state index is 0. The van der Waals surface area contributed by atoms with Gasteiger partial charge in [0.1, 0.15) is 17.9 Å². The lowest BCUT2D eigenvalue weighted by Crippen LogP contribution is -2.56. The number of rotatable bonds is 9. The van der Waals surface area contributed by atoms with E-state index < -0.39 is 64.6 Å². The number of alkyl halides is 2. The molecule has 1 saturated heterocycles. The first-order valence-electron chi connectivity index (χ1n) is 13.8. The van der Waals surface area contributed by atoms with Crippen LogP contribution in [0.15, 0.2) is 71.8 Å². The smallest absolute Gasteiger partial charge is 0.252 e. The van der Waals surface area contributed by atoms with Crippen LogP contribution >= 0.6 is 11.6 Å². The molecule has 0 bridgehead atoms. The highest BCUT2D eigenvalue weighted by atomic mass is 35.5. The van der Waals surface area contributed by atoms with Gasteiger partial charge < -0.3 is 5.32 Å². The molecule has 11 nitrogen and oxygen atoms in total. The quantitative estimate of drug-likeness (QED) is 0.343. The van der Waals surface area contributed by atoms with E-state index in [4.69, 9.17) is 11.6 Å². The van der Waals surface area contributed by atoms with E-state index in [0.29, 0.717) is 0 Å². The summed E-state index contributed by atoms with van der Waals surface area (Å²) in [6.07, 6.45) is 0.0797. The molecule has 1 aliphatic heterocycles. The number of pyridine rings is 1. The second-order valence-electron chi connectivity index (χ2n) is 10.6.